The first kappa shape index (κ1) is 24.4. The van der Waals surface area contributed by atoms with E-state index in [0.29, 0.717) is 11.3 Å². The van der Waals surface area contributed by atoms with Crippen LogP contribution in [0.5, 0.6) is 0 Å². The van der Waals surface area contributed by atoms with Crippen LogP contribution in [0.2, 0.25) is 0 Å². The second-order valence-corrected chi connectivity index (χ2v) is 9.29. The lowest BCUT2D eigenvalue weighted by Gasteiger charge is -2.30. The lowest BCUT2D eigenvalue weighted by molar-refractivity contribution is 0.402. The Hall–Kier alpha value is -0.670. The van der Waals surface area contributed by atoms with Gasteiger partial charge >= 0.3 is 0 Å². The molecule has 1 aromatic carbocycles. The van der Waals surface area contributed by atoms with Gasteiger partial charge in [-0.2, -0.15) is 0 Å². The molecule has 2 rings (SSSR count). The highest BCUT2D eigenvalue weighted by Gasteiger charge is 2.25. The maximum atomic E-state index is 12.1. The second-order valence-electron chi connectivity index (χ2n) is 7.28. The maximum Gasteiger partial charge on any atom is 0.191 e. The number of hydrogen-bond donors (Lipinski definition) is 2. The summed E-state index contributed by atoms with van der Waals surface area (Å²) in [4.78, 5) is 6.54. The molecule has 0 amide bonds. The van der Waals surface area contributed by atoms with E-state index in [4.69, 9.17) is 0 Å². The van der Waals surface area contributed by atoms with E-state index in [1.807, 2.05) is 14.0 Å². The molecule has 154 valence electrons. The van der Waals surface area contributed by atoms with E-state index in [-0.39, 0.29) is 24.0 Å². The van der Waals surface area contributed by atoms with Crippen molar-refractivity contribution in [2.75, 3.05) is 26.9 Å². The maximum absolute atomic E-state index is 12.1. The number of hydrogen-bond acceptors (Lipinski definition) is 3. The van der Waals surface area contributed by atoms with Crippen LogP contribution >= 0.6 is 24.0 Å². The predicted molar refractivity (Wildman–Crippen MR) is 127 cm³/mol. The van der Waals surface area contributed by atoms with Gasteiger partial charge < -0.3 is 15.5 Å². The molecule has 27 heavy (non-hydrogen) atoms. The fraction of sp³-hybridized carbons (Fsp3) is 0.650. The van der Waals surface area contributed by atoms with Crippen molar-refractivity contribution in [3.63, 3.8) is 0 Å². The van der Waals surface area contributed by atoms with E-state index in [1.54, 1.807) is 0 Å². The van der Waals surface area contributed by atoms with E-state index < -0.39 is 10.8 Å². The number of guanidine groups is 1. The fourth-order valence-corrected chi connectivity index (χ4v) is 4.88. The number of aliphatic imine (C=N–C) groups is 1. The van der Waals surface area contributed by atoms with Gasteiger partial charge in [-0.05, 0) is 44.5 Å². The van der Waals surface area contributed by atoms with Crippen molar-refractivity contribution in [1.82, 2.24) is 15.5 Å². The van der Waals surface area contributed by atoms with Crippen LogP contribution in [0.1, 0.15) is 43.7 Å². The molecule has 1 saturated carbocycles. The first-order valence-electron chi connectivity index (χ1n) is 9.58. The molecule has 1 aliphatic rings. The van der Waals surface area contributed by atoms with E-state index in [1.165, 1.54) is 11.1 Å². The van der Waals surface area contributed by atoms with Crippen LogP contribution in [-0.4, -0.2) is 53.3 Å². The molecule has 0 heterocycles. The summed E-state index contributed by atoms with van der Waals surface area (Å²) in [5.41, 5.74) is 2.57. The van der Waals surface area contributed by atoms with Crippen LogP contribution in [0.3, 0.4) is 0 Å². The first-order valence-corrected chi connectivity index (χ1v) is 11.0. The third kappa shape index (κ3) is 8.48. The summed E-state index contributed by atoms with van der Waals surface area (Å²) in [6, 6.07) is 9.00. The van der Waals surface area contributed by atoms with Gasteiger partial charge in [0.2, 0.25) is 0 Å². The van der Waals surface area contributed by atoms with Gasteiger partial charge in [-0.15, -0.1) is 24.0 Å². The molecule has 2 N–H and O–H groups in total. The molecule has 3 atom stereocenters. The Kier molecular flexibility index (Phi) is 11.5. The molecule has 3 unspecified atom stereocenters. The van der Waals surface area contributed by atoms with Crippen LogP contribution in [0.25, 0.3) is 0 Å². The van der Waals surface area contributed by atoms with Gasteiger partial charge in [-0.25, -0.2) is 0 Å². The minimum Gasteiger partial charge on any atom is -0.354 e. The van der Waals surface area contributed by atoms with E-state index in [2.05, 4.69) is 58.9 Å². The molecule has 0 radical (unpaired) electrons. The Balaban J connectivity index is 0.00000364. The van der Waals surface area contributed by atoms with Gasteiger partial charge in [-0.1, -0.05) is 37.6 Å². The van der Waals surface area contributed by atoms with Crippen LogP contribution < -0.4 is 10.6 Å². The monoisotopic (exact) mass is 506 g/mol. The summed E-state index contributed by atoms with van der Waals surface area (Å²) in [5.74, 6) is 1.59. The van der Waals surface area contributed by atoms with Gasteiger partial charge in [0.15, 0.2) is 5.96 Å². The zero-order chi connectivity index (χ0) is 18.9. The Morgan fingerprint density at radius 2 is 2.04 bits per heavy atom. The zero-order valence-corrected chi connectivity index (χ0v) is 20.2. The van der Waals surface area contributed by atoms with Gasteiger partial charge in [0.1, 0.15) is 0 Å². The number of nitrogens with one attached hydrogen (secondary N) is 2. The quantitative estimate of drug-likeness (QED) is 0.339. The van der Waals surface area contributed by atoms with E-state index in [0.717, 1.165) is 50.5 Å². The minimum atomic E-state index is -0.696. The van der Waals surface area contributed by atoms with Crippen molar-refractivity contribution in [2.24, 2.45) is 4.99 Å². The smallest absolute Gasteiger partial charge is 0.191 e. The highest BCUT2D eigenvalue weighted by atomic mass is 127. The van der Waals surface area contributed by atoms with Gasteiger partial charge in [0, 0.05) is 48.0 Å². The summed E-state index contributed by atoms with van der Waals surface area (Å²) in [6.07, 6.45) is 4.32. The molecule has 1 aliphatic carbocycles. The van der Waals surface area contributed by atoms with Crippen molar-refractivity contribution in [1.29, 1.82) is 0 Å². The molecule has 0 aliphatic heterocycles. The van der Waals surface area contributed by atoms with Crippen molar-refractivity contribution in [2.45, 2.75) is 57.0 Å². The van der Waals surface area contributed by atoms with Crippen LogP contribution in [0.4, 0.5) is 0 Å². The number of nitrogens with zero attached hydrogens (tertiary/aromatic N) is 2. The lowest BCUT2D eigenvalue weighted by Crippen LogP contribution is -2.46. The van der Waals surface area contributed by atoms with Crippen LogP contribution in [0, 0.1) is 0 Å². The molecule has 1 aromatic rings. The van der Waals surface area contributed by atoms with Crippen LogP contribution in [0.15, 0.2) is 29.3 Å². The molecule has 0 saturated heterocycles. The summed E-state index contributed by atoms with van der Waals surface area (Å²) in [5, 5.41) is 7.27. The highest BCUT2D eigenvalue weighted by molar-refractivity contribution is 14.0. The molecular formula is C20H35IN4OS. The van der Waals surface area contributed by atoms with Crippen molar-refractivity contribution >= 4 is 40.7 Å². The van der Waals surface area contributed by atoms with E-state index in [9.17, 15) is 4.21 Å². The van der Waals surface area contributed by atoms with Crippen molar-refractivity contribution in [3.05, 3.63) is 35.4 Å². The van der Waals surface area contributed by atoms with Gasteiger partial charge in [0.05, 0.1) is 0 Å². The molecule has 5 nitrogen and oxygen atoms in total. The third-order valence-electron chi connectivity index (χ3n) is 4.80. The Morgan fingerprint density at radius 3 is 2.70 bits per heavy atom. The average Bonchev–Trinajstić information content (AvgIpc) is 2.64. The zero-order valence-electron chi connectivity index (χ0n) is 17.0. The summed E-state index contributed by atoms with van der Waals surface area (Å²) < 4.78 is 12.1. The Bertz CT molecular complexity index is 624. The minimum absolute atomic E-state index is 0. The van der Waals surface area contributed by atoms with Gasteiger partial charge in [0.25, 0.3) is 0 Å². The normalized spacial score (nSPS) is 21.4. The largest absolute Gasteiger partial charge is 0.354 e. The highest BCUT2D eigenvalue weighted by Crippen LogP contribution is 2.23. The predicted octanol–water partition coefficient (Wildman–Crippen LogP) is 3.11. The number of benzene rings is 1. The standard InChI is InChI=1S/C20H34N4OS.HI/c1-5-26(25)19-11-7-10-18(13-19)23-20(21-2)22-14-16-8-6-9-17(12-16)15-24(3)4;/h6,8-9,12,18-19H,5,7,10-11,13-15H2,1-4H3,(H2,21,22,23);1H. The molecule has 1 fully saturated rings. The topological polar surface area (TPSA) is 56.7 Å². The van der Waals surface area contributed by atoms with Crippen molar-refractivity contribution < 1.29 is 4.21 Å². The molecule has 0 bridgehead atoms. The third-order valence-corrected chi connectivity index (χ3v) is 6.54. The molecule has 7 heteroatoms. The summed E-state index contributed by atoms with van der Waals surface area (Å²) in [6.45, 7) is 3.70. The Labute approximate surface area is 184 Å². The summed E-state index contributed by atoms with van der Waals surface area (Å²) in [7, 11) is 5.28. The fourth-order valence-electron chi connectivity index (χ4n) is 3.53. The second kappa shape index (κ2) is 12.7. The lowest BCUT2D eigenvalue weighted by atomic mass is 9.95. The van der Waals surface area contributed by atoms with Crippen LogP contribution in [-0.2, 0) is 23.9 Å². The Morgan fingerprint density at radius 1 is 1.30 bits per heavy atom. The molecule has 0 aromatic heterocycles. The van der Waals surface area contributed by atoms with Gasteiger partial charge in [-0.3, -0.25) is 9.20 Å². The molecular weight excluding hydrogens is 471 g/mol. The first-order chi connectivity index (χ1) is 12.5. The summed E-state index contributed by atoms with van der Waals surface area (Å²) >= 11 is 0. The molecule has 0 spiro atoms. The van der Waals surface area contributed by atoms with Crippen molar-refractivity contribution in [3.8, 4) is 0 Å². The number of halogens is 1. The average molecular weight is 506 g/mol. The van der Waals surface area contributed by atoms with E-state index >= 15 is 0 Å². The SMILES string of the molecule is CCS(=O)C1CCCC(NC(=NC)NCc2cccc(CN(C)C)c2)C1.I. The number of rotatable bonds is 7.